The van der Waals surface area contributed by atoms with Gasteiger partial charge in [-0.1, -0.05) is 24.6 Å². The zero-order chi connectivity index (χ0) is 13.6. The Hall–Kier alpha value is -0.860. The van der Waals surface area contributed by atoms with Gasteiger partial charge in [0.25, 0.3) is 0 Å². The largest absolute Gasteiger partial charge is 0.385 e. The summed E-state index contributed by atoms with van der Waals surface area (Å²) in [5, 5.41) is 11.3. The van der Waals surface area contributed by atoms with Gasteiger partial charge in [-0.05, 0) is 63.3 Å². The number of aliphatic hydroxyl groups is 1. The van der Waals surface area contributed by atoms with Crippen LogP contribution in [0.1, 0.15) is 48.8 Å². The van der Waals surface area contributed by atoms with Gasteiger partial charge >= 0.3 is 0 Å². The van der Waals surface area contributed by atoms with Crippen LogP contribution in [0.3, 0.4) is 0 Å². The molecule has 1 aromatic carbocycles. The molecule has 104 valence electrons. The van der Waals surface area contributed by atoms with Crippen LogP contribution in [0, 0.1) is 13.8 Å². The van der Waals surface area contributed by atoms with Crippen LogP contribution >= 0.6 is 0 Å². The Balaban J connectivity index is 2.00. The molecule has 2 heteroatoms. The van der Waals surface area contributed by atoms with Gasteiger partial charge in [0.15, 0.2) is 0 Å². The van der Waals surface area contributed by atoms with E-state index >= 15 is 0 Å². The fourth-order valence-corrected chi connectivity index (χ4v) is 4.40. The Morgan fingerprint density at radius 1 is 1.11 bits per heavy atom. The van der Waals surface area contributed by atoms with Crippen LogP contribution in [0.4, 0.5) is 0 Å². The predicted molar refractivity (Wildman–Crippen MR) is 78.2 cm³/mol. The Morgan fingerprint density at radius 2 is 1.63 bits per heavy atom. The van der Waals surface area contributed by atoms with E-state index in [2.05, 4.69) is 44.0 Å². The summed E-state index contributed by atoms with van der Waals surface area (Å²) < 4.78 is 0. The van der Waals surface area contributed by atoms with E-state index in [4.69, 9.17) is 0 Å². The molecule has 2 bridgehead atoms. The predicted octanol–water partition coefficient (Wildman–Crippen LogP) is 3.14. The number of hydrogen-bond acceptors (Lipinski definition) is 2. The average Bonchev–Trinajstić information content (AvgIpc) is 2.31. The minimum atomic E-state index is -0.613. The number of rotatable bonds is 1. The van der Waals surface area contributed by atoms with Gasteiger partial charge in [-0.15, -0.1) is 0 Å². The van der Waals surface area contributed by atoms with Crippen LogP contribution < -0.4 is 0 Å². The Bertz CT molecular complexity index is 448. The lowest BCUT2D eigenvalue weighted by Crippen LogP contribution is -2.55. The van der Waals surface area contributed by atoms with Crippen LogP contribution in [-0.4, -0.2) is 29.1 Å². The molecule has 0 radical (unpaired) electrons. The maximum Gasteiger partial charge on any atom is 0.0931 e. The number of nitrogens with zero attached hydrogens (tertiary/aromatic N) is 1. The van der Waals surface area contributed by atoms with E-state index < -0.39 is 5.60 Å². The molecule has 19 heavy (non-hydrogen) atoms. The molecule has 2 saturated heterocycles. The number of aryl methyl sites for hydroxylation is 2. The molecule has 0 aliphatic carbocycles. The Kier molecular flexibility index (Phi) is 3.18. The summed E-state index contributed by atoms with van der Waals surface area (Å²) in [6.45, 7) is 4.27. The molecule has 3 rings (SSSR count). The van der Waals surface area contributed by atoms with Crippen LogP contribution in [0.25, 0.3) is 0 Å². The van der Waals surface area contributed by atoms with Crippen molar-refractivity contribution in [3.8, 4) is 0 Å². The third kappa shape index (κ3) is 2.11. The van der Waals surface area contributed by atoms with Gasteiger partial charge in [-0.25, -0.2) is 0 Å². The highest BCUT2D eigenvalue weighted by atomic mass is 16.3. The molecule has 0 aromatic heterocycles. The Morgan fingerprint density at radius 3 is 2.16 bits per heavy atom. The van der Waals surface area contributed by atoms with Crippen molar-refractivity contribution >= 4 is 0 Å². The van der Waals surface area contributed by atoms with E-state index in [1.807, 2.05) is 0 Å². The summed E-state index contributed by atoms with van der Waals surface area (Å²) >= 11 is 0. The van der Waals surface area contributed by atoms with Crippen molar-refractivity contribution in [2.75, 3.05) is 7.05 Å². The monoisotopic (exact) mass is 259 g/mol. The molecular weight excluding hydrogens is 234 g/mol. The highest BCUT2D eigenvalue weighted by Gasteiger charge is 2.45. The zero-order valence-electron chi connectivity index (χ0n) is 12.3. The van der Waals surface area contributed by atoms with Crippen LogP contribution in [0.15, 0.2) is 18.2 Å². The minimum absolute atomic E-state index is 0.552. The second kappa shape index (κ2) is 4.60. The molecule has 1 aromatic rings. The fourth-order valence-electron chi connectivity index (χ4n) is 4.40. The minimum Gasteiger partial charge on any atom is -0.385 e. The maximum atomic E-state index is 11.3. The van der Waals surface area contributed by atoms with Crippen molar-refractivity contribution in [3.05, 3.63) is 34.9 Å². The fraction of sp³-hybridized carbons (Fsp3) is 0.647. The molecule has 2 nitrogen and oxygen atoms in total. The molecule has 2 atom stereocenters. The summed E-state index contributed by atoms with van der Waals surface area (Å²) in [6.07, 6.45) is 5.58. The lowest BCUT2D eigenvalue weighted by atomic mass is 9.71. The first kappa shape index (κ1) is 13.1. The van der Waals surface area contributed by atoms with Crippen molar-refractivity contribution in [1.29, 1.82) is 0 Å². The summed E-state index contributed by atoms with van der Waals surface area (Å²) in [5.74, 6) is 0. The van der Waals surface area contributed by atoms with Crippen molar-refractivity contribution in [2.45, 2.75) is 63.6 Å². The van der Waals surface area contributed by atoms with E-state index in [0.29, 0.717) is 12.1 Å². The smallest absolute Gasteiger partial charge is 0.0931 e. The van der Waals surface area contributed by atoms with Crippen molar-refractivity contribution in [2.24, 2.45) is 0 Å². The molecule has 0 spiro atoms. The third-order valence-electron chi connectivity index (χ3n) is 5.32. The summed E-state index contributed by atoms with van der Waals surface area (Å²) in [4.78, 5) is 2.51. The van der Waals surface area contributed by atoms with Gasteiger partial charge < -0.3 is 10.0 Å². The van der Waals surface area contributed by atoms with E-state index in [1.54, 1.807) is 0 Å². The maximum absolute atomic E-state index is 11.3. The number of fused-ring (bicyclic) bond motifs is 2. The molecular formula is C17H25NO. The Labute approximate surface area is 116 Å². The molecule has 2 heterocycles. The quantitative estimate of drug-likeness (QED) is 0.837. The molecule has 0 amide bonds. The summed E-state index contributed by atoms with van der Waals surface area (Å²) in [6, 6.07) is 7.46. The molecule has 2 aliphatic heterocycles. The third-order valence-corrected chi connectivity index (χ3v) is 5.32. The molecule has 2 aliphatic rings. The first-order valence-electron chi connectivity index (χ1n) is 7.52. The van der Waals surface area contributed by atoms with Crippen molar-refractivity contribution in [1.82, 2.24) is 4.90 Å². The topological polar surface area (TPSA) is 23.5 Å². The van der Waals surface area contributed by atoms with Crippen molar-refractivity contribution < 1.29 is 5.11 Å². The standard InChI is InChI=1S/C17H25NO/c1-12-6-4-7-13(2)16(12)17(19)10-14-8-5-9-15(11-17)18(14)3/h4,6-7,14-15,19H,5,8-11H2,1-3H3. The number of piperidine rings is 2. The van der Waals surface area contributed by atoms with Crippen molar-refractivity contribution in [3.63, 3.8) is 0 Å². The highest BCUT2D eigenvalue weighted by molar-refractivity contribution is 5.39. The van der Waals surface area contributed by atoms with Gasteiger partial charge in [-0.3, -0.25) is 0 Å². The lowest BCUT2D eigenvalue weighted by molar-refractivity contribution is -0.0880. The number of benzene rings is 1. The molecule has 0 saturated carbocycles. The van der Waals surface area contributed by atoms with E-state index in [0.717, 1.165) is 12.8 Å². The summed E-state index contributed by atoms with van der Waals surface area (Å²) in [5.41, 5.74) is 3.06. The first-order chi connectivity index (χ1) is 9.01. The first-order valence-corrected chi connectivity index (χ1v) is 7.52. The second-order valence-electron chi connectivity index (χ2n) is 6.61. The van der Waals surface area contributed by atoms with Gasteiger partial charge in [-0.2, -0.15) is 0 Å². The van der Waals surface area contributed by atoms with E-state index in [-0.39, 0.29) is 0 Å². The SMILES string of the molecule is Cc1cccc(C)c1C1(O)CC2CCCC(C1)N2C. The van der Waals surface area contributed by atoms with Crippen LogP contribution in [-0.2, 0) is 5.60 Å². The average molecular weight is 259 g/mol. The van der Waals surface area contributed by atoms with Gasteiger partial charge in [0, 0.05) is 12.1 Å². The van der Waals surface area contributed by atoms with Crippen LogP contribution in [0.2, 0.25) is 0 Å². The summed E-state index contributed by atoms with van der Waals surface area (Å²) in [7, 11) is 2.23. The van der Waals surface area contributed by atoms with Gasteiger partial charge in [0.05, 0.1) is 5.60 Å². The normalized spacial score (nSPS) is 35.4. The van der Waals surface area contributed by atoms with Crippen LogP contribution in [0.5, 0.6) is 0 Å². The lowest BCUT2D eigenvalue weighted by Gasteiger charge is -2.51. The second-order valence-corrected chi connectivity index (χ2v) is 6.61. The molecule has 1 N–H and O–H groups in total. The number of hydrogen-bond donors (Lipinski definition) is 1. The molecule has 2 unspecified atom stereocenters. The zero-order valence-corrected chi connectivity index (χ0v) is 12.3. The highest BCUT2D eigenvalue weighted by Crippen LogP contribution is 2.45. The molecule has 2 fully saturated rings. The van der Waals surface area contributed by atoms with Gasteiger partial charge in [0.2, 0.25) is 0 Å². The van der Waals surface area contributed by atoms with Gasteiger partial charge in [0.1, 0.15) is 0 Å². The van der Waals surface area contributed by atoms with E-state index in [9.17, 15) is 5.11 Å². The van der Waals surface area contributed by atoms with E-state index in [1.165, 1.54) is 36.0 Å².